The van der Waals surface area contributed by atoms with Crippen LogP contribution >= 0.6 is 12.6 Å². The number of nitrogens with one attached hydrogen (secondary N) is 4. The fourth-order valence-corrected chi connectivity index (χ4v) is 3.06. The fourth-order valence-electron chi connectivity index (χ4n) is 2.82. The van der Waals surface area contributed by atoms with Gasteiger partial charge in [-0.2, -0.15) is 12.6 Å². The van der Waals surface area contributed by atoms with Crippen molar-refractivity contribution in [2.75, 3.05) is 12.3 Å². The maximum absolute atomic E-state index is 13.1. The van der Waals surface area contributed by atoms with Gasteiger partial charge in [-0.15, -0.1) is 0 Å². The molecule has 0 bridgehead atoms. The van der Waals surface area contributed by atoms with Crippen LogP contribution < -0.4 is 33.2 Å². The Morgan fingerprint density at radius 2 is 1.71 bits per heavy atom. The zero-order chi connectivity index (χ0) is 26.5. The van der Waals surface area contributed by atoms with Crippen molar-refractivity contribution in [1.82, 2.24) is 25.9 Å². The van der Waals surface area contributed by atoms with Gasteiger partial charge in [0.25, 0.3) is 0 Å². The molecular weight excluding hydrogens is 482 g/mol. The van der Waals surface area contributed by atoms with Crippen LogP contribution in [0, 0.1) is 0 Å². The Kier molecular flexibility index (Phi) is 12.5. The summed E-state index contributed by atoms with van der Waals surface area (Å²) in [5.41, 5.74) is 16.8. The molecule has 0 aliphatic carbocycles. The number of carboxylic acid groups (broad SMARTS) is 1. The van der Waals surface area contributed by atoms with E-state index in [2.05, 4.69) is 43.5 Å². The molecular formula is C19H33N9O6S. The predicted molar refractivity (Wildman–Crippen MR) is 129 cm³/mol. The van der Waals surface area contributed by atoms with Crippen LogP contribution in [0.15, 0.2) is 17.5 Å². The Morgan fingerprint density at radius 3 is 2.23 bits per heavy atom. The molecule has 35 heavy (non-hydrogen) atoms. The number of aliphatic carboxylic acids is 1. The molecule has 16 heteroatoms. The summed E-state index contributed by atoms with van der Waals surface area (Å²) < 4.78 is 0. The van der Waals surface area contributed by atoms with Crippen LogP contribution in [0.2, 0.25) is 0 Å². The zero-order valence-corrected chi connectivity index (χ0v) is 20.1. The number of amides is 3. The average molecular weight is 516 g/mol. The molecule has 1 heterocycles. The van der Waals surface area contributed by atoms with Gasteiger partial charge in [-0.1, -0.05) is 0 Å². The number of guanidine groups is 1. The number of aliphatic hydroxyl groups is 1. The van der Waals surface area contributed by atoms with Crippen LogP contribution in [-0.2, 0) is 25.6 Å². The Bertz CT molecular complexity index is 876. The number of carbonyl (C=O) groups excluding carboxylic acids is 3. The molecule has 3 amide bonds. The van der Waals surface area contributed by atoms with E-state index in [1.54, 1.807) is 0 Å². The first-order chi connectivity index (χ1) is 16.5. The van der Waals surface area contributed by atoms with E-state index in [9.17, 15) is 29.4 Å². The summed E-state index contributed by atoms with van der Waals surface area (Å²) in [7, 11) is 0. The lowest BCUT2D eigenvalue weighted by atomic mass is 10.1. The van der Waals surface area contributed by atoms with Gasteiger partial charge in [-0.05, 0) is 19.8 Å². The standard InChI is InChI=1S/C19H33N9O6S/c1-9(29)14(20)17(32)27-12(5-10-6-23-8-25-10)16(31)26-11(3-2-4-24-19(21)22)15(30)28-13(7-35)18(33)34/h6,8-9,11-14,29,35H,2-5,7,20H2,1H3,(H,23,25)(H,26,31)(H,27,32)(H,28,30)(H,33,34)(H4,21,22,24). The van der Waals surface area contributed by atoms with E-state index in [-0.39, 0.29) is 37.5 Å². The van der Waals surface area contributed by atoms with Gasteiger partial charge < -0.3 is 48.3 Å². The van der Waals surface area contributed by atoms with Gasteiger partial charge >= 0.3 is 5.97 Å². The summed E-state index contributed by atoms with van der Waals surface area (Å²) in [5.74, 6) is -3.91. The Balaban J connectivity index is 3.06. The van der Waals surface area contributed by atoms with Crippen molar-refractivity contribution < 1.29 is 29.4 Å². The molecule has 0 saturated carbocycles. The number of carboxylic acids is 1. The average Bonchev–Trinajstić information content (AvgIpc) is 3.30. The van der Waals surface area contributed by atoms with Crippen molar-refractivity contribution in [3.63, 3.8) is 0 Å². The number of hydrogen-bond donors (Lipinski definition) is 10. The van der Waals surface area contributed by atoms with Crippen LogP contribution in [0.5, 0.6) is 0 Å². The third-order valence-electron chi connectivity index (χ3n) is 4.81. The summed E-state index contributed by atoms with van der Waals surface area (Å²) >= 11 is 3.91. The molecule has 0 saturated heterocycles. The highest BCUT2D eigenvalue weighted by Gasteiger charge is 2.31. The molecule has 15 nitrogen and oxygen atoms in total. The molecule has 5 unspecified atom stereocenters. The lowest BCUT2D eigenvalue weighted by Gasteiger charge is -2.25. The Morgan fingerprint density at radius 1 is 1.11 bits per heavy atom. The predicted octanol–water partition coefficient (Wildman–Crippen LogP) is -3.82. The fraction of sp³-hybridized carbons (Fsp3) is 0.579. The number of rotatable bonds is 15. The number of imidazole rings is 1. The van der Waals surface area contributed by atoms with Crippen molar-refractivity contribution in [1.29, 1.82) is 0 Å². The zero-order valence-electron chi connectivity index (χ0n) is 19.2. The summed E-state index contributed by atoms with van der Waals surface area (Å²) in [6.45, 7) is 1.49. The van der Waals surface area contributed by atoms with E-state index < -0.39 is 54.0 Å². The number of aliphatic imine (C=N–C) groups is 1. The first kappa shape index (κ1) is 29.7. The summed E-state index contributed by atoms with van der Waals surface area (Å²) in [6, 6.07) is -4.95. The minimum absolute atomic E-state index is 0.0270. The van der Waals surface area contributed by atoms with Gasteiger partial charge in [-0.25, -0.2) is 9.78 Å². The van der Waals surface area contributed by atoms with E-state index in [1.165, 1.54) is 19.4 Å². The second kappa shape index (κ2) is 14.8. The first-order valence-corrected chi connectivity index (χ1v) is 11.3. The highest BCUT2D eigenvalue weighted by Crippen LogP contribution is 2.05. The molecule has 0 aliphatic rings. The molecule has 0 radical (unpaired) electrons. The Hall–Kier alpha value is -3.37. The van der Waals surface area contributed by atoms with E-state index in [0.29, 0.717) is 5.69 Å². The number of aliphatic hydroxyl groups excluding tert-OH is 1. The molecule has 1 aromatic heterocycles. The Labute approximate surface area is 207 Å². The van der Waals surface area contributed by atoms with Gasteiger partial charge in [0, 0.05) is 30.6 Å². The topological polar surface area (TPSA) is 264 Å². The molecule has 5 atom stereocenters. The highest BCUT2D eigenvalue weighted by molar-refractivity contribution is 7.80. The number of nitrogens with two attached hydrogens (primary N) is 3. The molecule has 12 N–H and O–H groups in total. The smallest absolute Gasteiger partial charge is 0.327 e. The normalized spacial score (nSPS) is 15.1. The number of nitrogens with zero attached hydrogens (tertiary/aromatic N) is 2. The molecule has 1 rings (SSSR count). The van der Waals surface area contributed by atoms with Crippen molar-refractivity contribution in [2.24, 2.45) is 22.2 Å². The van der Waals surface area contributed by atoms with Crippen LogP contribution in [-0.4, -0.2) is 92.4 Å². The lowest BCUT2D eigenvalue weighted by molar-refractivity contribution is -0.141. The van der Waals surface area contributed by atoms with Crippen molar-refractivity contribution >= 4 is 42.3 Å². The lowest BCUT2D eigenvalue weighted by Crippen LogP contribution is -2.58. The van der Waals surface area contributed by atoms with Gasteiger partial charge in [0.05, 0.1) is 12.4 Å². The van der Waals surface area contributed by atoms with E-state index in [4.69, 9.17) is 17.2 Å². The maximum atomic E-state index is 13.1. The van der Waals surface area contributed by atoms with Crippen LogP contribution in [0.4, 0.5) is 0 Å². The number of thiol groups is 1. The molecule has 0 aromatic carbocycles. The van der Waals surface area contributed by atoms with Gasteiger partial charge in [-0.3, -0.25) is 19.4 Å². The number of aromatic amines is 1. The third kappa shape index (κ3) is 10.6. The van der Waals surface area contributed by atoms with E-state index >= 15 is 0 Å². The van der Waals surface area contributed by atoms with Crippen molar-refractivity contribution in [3.05, 3.63) is 18.2 Å². The summed E-state index contributed by atoms with van der Waals surface area (Å²) in [5, 5.41) is 26.1. The van der Waals surface area contributed by atoms with E-state index in [0.717, 1.165) is 0 Å². The number of H-pyrrole nitrogens is 1. The summed E-state index contributed by atoms with van der Waals surface area (Å²) in [4.78, 5) is 60.0. The molecule has 196 valence electrons. The minimum Gasteiger partial charge on any atom is -0.480 e. The van der Waals surface area contributed by atoms with Gasteiger partial charge in [0.15, 0.2) is 5.96 Å². The minimum atomic E-state index is -1.30. The molecule has 0 aliphatic heterocycles. The highest BCUT2D eigenvalue weighted by atomic mass is 32.1. The molecule has 0 fully saturated rings. The van der Waals surface area contributed by atoms with E-state index in [1.807, 2.05) is 0 Å². The first-order valence-electron chi connectivity index (χ1n) is 10.7. The second-order valence-electron chi connectivity index (χ2n) is 7.70. The summed E-state index contributed by atoms with van der Waals surface area (Å²) in [6.07, 6.45) is 1.97. The molecule has 0 spiro atoms. The van der Waals surface area contributed by atoms with Crippen LogP contribution in [0.3, 0.4) is 0 Å². The van der Waals surface area contributed by atoms with Crippen LogP contribution in [0.1, 0.15) is 25.5 Å². The largest absolute Gasteiger partial charge is 0.480 e. The second-order valence-corrected chi connectivity index (χ2v) is 8.07. The monoisotopic (exact) mass is 515 g/mol. The SMILES string of the molecule is CC(O)C(N)C(=O)NC(Cc1cnc[nH]1)C(=O)NC(CCCN=C(N)N)C(=O)NC(CS)C(=O)O. The quantitative estimate of drug-likeness (QED) is 0.0470. The van der Waals surface area contributed by atoms with Gasteiger partial charge in [0.1, 0.15) is 24.2 Å². The van der Waals surface area contributed by atoms with Crippen LogP contribution in [0.25, 0.3) is 0 Å². The maximum Gasteiger partial charge on any atom is 0.327 e. The van der Waals surface area contributed by atoms with Crippen molar-refractivity contribution in [3.8, 4) is 0 Å². The number of carbonyl (C=O) groups is 4. The number of hydrogen-bond acceptors (Lipinski definition) is 9. The van der Waals surface area contributed by atoms with Crippen molar-refractivity contribution in [2.45, 2.75) is 56.5 Å². The van der Waals surface area contributed by atoms with Gasteiger partial charge in [0.2, 0.25) is 17.7 Å². The number of aromatic nitrogens is 2. The molecule has 1 aromatic rings. The third-order valence-corrected chi connectivity index (χ3v) is 5.17.